The minimum Gasteiger partial charge on any atom is -0.264 e. The second-order valence-corrected chi connectivity index (χ2v) is 6.78. The molecule has 21 heavy (non-hydrogen) atoms. The number of nitrogens with zero attached hydrogens (tertiary/aromatic N) is 1. The van der Waals surface area contributed by atoms with E-state index in [9.17, 15) is 0 Å². The number of aromatic nitrogens is 1. The van der Waals surface area contributed by atoms with Gasteiger partial charge in [-0.15, -0.1) is 0 Å². The Balaban J connectivity index is 1.50. The second-order valence-electron chi connectivity index (χ2n) is 6.78. The molecule has 2 aliphatic carbocycles. The predicted molar refractivity (Wildman–Crippen MR) is 86.5 cm³/mol. The fourth-order valence-electron chi connectivity index (χ4n) is 4.44. The maximum Gasteiger partial charge on any atom is 0.0299 e. The van der Waals surface area contributed by atoms with E-state index in [4.69, 9.17) is 0 Å². The number of hydrogen-bond donors (Lipinski definition) is 0. The van der Waals surface area contributed by atoms with E-state index in [1.807, 2.05) is 12.4 Å². The van der Waals surface area contributed by atoms with Crippen molar-refractivity contribution < 1.29 is 0 Å². The molecule has 1 aromatic carbocycles. The number of benzene rings is 1. The summed E-state index contributed by atoms with van der Waals surface area (Å²) in [7, 11) is 0. The summed E-state index contributed by atoms with van der Waals surface area (Å²) < 4.78 is 0. The molecular weight excluding hydrogens is 254 g/mol. The largest absolute Gasteiger partial charge is 0.264 e. The minimum absolute atomic E-state index is 0.845. The Bertz CT molecular complexity index is 617. The maximum absolute atomic E-state index is 4.24. The van der Waals surface area contributed by atoms with E-state index in [0.29, 0.717) is 0 Å². The summed E-state index contributed by atoms with van der Waals surface area (Å²) in [6.07, 6.45) is 13.2. The molecule has 108 valence electrons. The zero-order chi connectivity index (χ0) is 14.1. The van der Waals surface area contributed by atoms with Crippen LogP contribution in [0.3, 0.4) is 0 Å². The van der Waals surface area contributed by atoms with Crippen LogP contribution in [0.4, 0.5) is 0 Å². The van der Waals surface area contributed by atoms with Gasteiger partial charge in [0.05, 0.1) is 0 Å². The number of rotatable bonds is 3. The van der Waals surface area contributed by atoms with E-state index in [1.54, 1.807) is 16.7 Å². The van der Waals surface area contributed by atoms with E-state index < -0.39 is 0 Å². The molecule has 1 aromatic heterocycles. The van der Waals surface area contributed by atoms with Crippen molar-refractivity contribution in [3.05, 3.63) is 65.0 Å². The van der Waals surface area contributed by atoms with Crippen LogP contribution in [0.15, 0.2) is 42.7 Å². The van der Waals surface area contributed by atoms with Gasteiger partial charge in [0.2, 0.25) is 0 Å². The molecular formula is C20H23N. The van der Waals surface area contributed by atoms with Crippen molar-refractivity contribution in [2.24, 2.45) is 5.92 Å². The lowest BCUT2D eigenvalue weighted by Gasteiger charge is -2.36. The molecule has 0 spiro atoms. The predicted octanol–water partition coefficient (Wildman–Crippen LogP) is 4.70. The molecule has 1 heterocycles. The number of pyridine rings is 1. The van der Waals surface area contributed by atoms with Crippen molar-refractivity contribution in [3.8, 4) is 0 Å². The van der Waals surface area contributed by atoms with Crippen molar-refractivity contribution in [2.45, 2.75) is 50.9 Å². The van der Waals surface area contributed by atoms with Crippen molar-refractivity contribution in [2.75, 3.05) is 0 Å². The van der Waals surface area contributed by atoms with Crippen LogP contribution in [0, 0.1) is 5.92 Å². The first-order valence-electron chi connectivity index (χ1n) is 8.40. The summed E-state index contributed by atoms with van der Waals surface area (Å²) in [4.78, 5) is 4.24. The van der Waals surface area contributed by atoms with Crippen molar-refractivity contribution in [1.29, 1.82) is 0 Å². The minimum atomic E-state index is 0.845. The van der Waals surface area contributed by atoms with Crippen LogP contribution in [-0.2, 0) is 19.3 Å². The van der Waals surface area contributed by atoms with Gasteiger partial charge in [-0.1, -0.05) is 24.3 Å². The van der Waals surface area contributed by atoms with Crippen LogP contribution >= 0.6 is 0 Å². The topological polar surface area (TPSA) is 12.9 Å². The Morgan fingerprint density at radius 3 is 2.95 bits per heavy atom. The molecule has 4 rings (SSSR count). The summed E-state index contributed by atoms with van der Waals surface area (Å²) >= 11 is 0. The highest BCUT2D eigenvalue weighted by atomic mass is 14.6. The van der Waals surface area contributed by atoms with E-state index in [0.717, 1.165) is 11.8 Å². The molecule has 2 aromatic rings. The third-order valence-electron chi connectivity index (χ3n) is 5.38. The van der Waals surface area contributed by atoms with Gasteiger partial charge in [-0.2, -0.15) is 0 Å². The monoisotopic (exact) mass is 277 g/mol. The summed E-state index contributed by atoms with van der Waals surface area (Å²) in [5.41, 5.74) is 6.43. The Hall–Kier alpha value is -1.63. The van der Waals surface area contributed by atoms with Gasteiger partial charge < -0.3 is 0 Å². The molecule has 0 fully saturated rings. The fraction of sp³-hybridized carbons (Fsp3) is 0.450. The summed E-state index contributed by atoms with van der Waals surface area (Å²) in [6, 6.07) is 11.3. The standard InChI is InChI=1S/C20H23N/c1-5-17-6-2-8-19-13-16(12-18(7-1)20(17)19)10-9-15-4-3-11-21-14-15/h1,3-5,7,11,14,16,19H,2,6,8-10,12-13H2/t16-,19-/m1/s1. The summed E-state index contributed by atoms with van der Waals surface area (Å²) in [6.45, 7) is 0. The molecule has 2 aliphatic rings. The molecule has 0 saturated heterocycles. The molecule has 0 saturated carbocycles. The van der Waals surface area contributed by atoms with E-state index in [-0.39, 0.29) is 0 Å². The third kappa shape index (κ3) is 2.62. The van der Waals surface area contributed by atoms with Crippen LogP contribution in [0.2, 0.25) is 0 Å². The Labute approximate surface area is 127 Å². The van der Waals surface area contributed by atoms with Gasteiger partial charge >= 0.3 is 0 Å². The van der Waals surface area contributed by atoms with E-state index in [1.165, 1.54) is 50.5 Å². The third-order valence-corrected chi connectivity index (χ3v) is 5.38. The van der Waals surface area contributed by atoms with Crippen LogP contribution < -0.4 is 0 Å². The maximum atomic E-state index is 4.24. The van der Waals surface area contributed by atoms with Crippen LogP contribution in [0.5, 0.6) is 0 Å². The average molecular weight is 277 g/mol. The molecule has 0 unspecified atom stereocenters. The van der Waals surface area contributed by atoms with Crippen molar-refractivity contribution >= 4 is 0 Å². The summed E-state index contributed by atoms with van der Waals surface area (Å²) in [5.74, 6) is 1.70. The van der Waals surface area contributed by atoms with Gasteiger partial charge in [-0.3, -0.25) is 4.98 Å². The first-order chi connectivity index (χ1) is 10.4. The smallest absolute Gasteiger partial charge is 0.0299 e. The summed E-state index contributed by atoms with van der Waals surface area (Å²) in [5, 5.41) is 0. The molecule has 0 N–H and O–H groups in total. The molecule has 0 radical (unpaired) electrons. The second kappa shape index (κ2) is 5.63. The number of hydrogen-bond acceptors (Lipinski definition) is 1. The highest BCUT2D eigenvalue weighted by Crippen LogP contribution is 2.44. The van der Waals surface area contributed by atoms with E-state index >= 15 is 0 Å². The highest BCUT2D eigenvalue weighted by molar-refractivity contribution is 5.41. The Morgan fingerprint density at radius 2 is 2.05 bits per heavy atom. The highest BCUT2D eigenvalue weighted by Gasteiger charge is 2.30. The lowest BCUT2D eigenvalue weighted by molar-refractivity contribution is 0.353. The van der Waals surface area contributed by atoms with Gasteiger partial charge in [0.15, 0.2) is 0 Å². The van der Waals surface area contributed by atoms with Gasteiger partial charge in [-0.05, 0) is 85.1 Å². The fourth-order valence-corrected chi connectivity index (χ4v) is 4.44. The lowest BCUT2D eigenvalue weighted by Crippen LogP contribution is -2.23. The molecule has 1 nitrogen and oxygen atoms in total. The zero-order valence-corrected chi connectivity index (χ0v) is 12.6. The molecule has 0 aliphatic heterocycles. The van der Waals surface area contributed by atoms with Crippen LogP contribution in [-0.4, -0.2) is 4.98 Å². The molecule has 1 heteroatoms. The molecule has 0 bridgehead atoms. The lowest BCUT2D eigenvalue weighted by atomic mass is 9.69. The van der Waals surface area contributed by atoms with Gasteiger partial charge in [0, 0.05) is 12.4 Å². The molecule has 0 amide bonds. The normalized spacial score (nSPS) is 23.6. The van der Waals surface area contributed by atoms with Crippen LogP contribution in [0.1, 0.15) is 53.9 Å². The van der Waals surface area contributed by atoms with E-state index in [2.05, 4.69) is 35.3 Å². The van der Waals surface area contributed by atoms with Gasteiger partial charge in [0.25, 0.3) is 0 Å². The first-order valence-corrected chi connectivity index (χ1v) is 8.40. The molecule has 2 atom stereocenters. The van der Waals surface area contributed by atoms with Crippen LogP contribution in [0.25, 0.3) is 0 Å². The Kier molecular flexibility index (Phi) is 3.50. The first kappa shape index (κ1) is 13.1. The Morgan fingerprint density at radius 1 is 1.10 bits per heavy atom. The average Bonchev–Trinajstić information content (AvgIpc) is 2.54. The van der Waals surface area contributed by atoms with Crippen molar-refractivity contribution in [1.82, 2.24) is 4.98 Å². The van der Waals surface area contributed by atoms with Gasteiger partial charge in [-0.25, -0.2) is 0 Å². The van der Waals surface area contributed by atoms with Crippen molar-refractivity contribution in [3.63, 3.8) is 0 Å². The SMILES string of the molecule is c1cncc(CC[C@@H]2Cc3cccc4c3[C@H](CCC4)C2)c1. The zero-order valence-electron chi connectivity index (χ0n) is 12.6. The number of aryl methyl sites for hydroxylation is 2. The van der Waals surface area contributed by atoms with Gasteiger partial charge in [0.1, 0.15) is 0 Å². The quantitative estimate of drug-likeness (QED) is 0.792.